The van der Waals surface area contributed by atoms with Crippen molar-refractivity contribution in [1.82, 2.24) is 9.88 Å². The monoisotopic (exact) mass is 413 g/mol. The number of amides is 1. The van der Waals surface area contributed by atoms with Crippen LogP contribution in [0.2, 0.25) is 0 Å². The SMILES string of the molecule is CC[C](C(=O)c1nc2ccccc2s1)C(C(=O)N1CCOCC1)C1CCCCC1. The van der Waals surface area contributed by atoms with Crippen LogP contribution >= 0.6 is 11.3 Å². The number of Topliss-reactive ketones (excluding diaryl/α,β-unsaturated/α-hetero) is 1. The molecule has 155 valence electrons. The molecule has 0 bridgehead atoms. The molecule has 1 aromatic heterocycles. The number of aromatic nitrogens is 1. The second-order valence-electron chi connectivity index (χ2n) is 8.01. The van der Waals surface area contributed by atoms with Gasteiger partial charge in [-0.15, -0.1) is 11.3 Å². The molecule has 6 heteroatoms. The van der Waals surface area contributed by atoms with E-state index in [0.717, 1.165) is 41.8 Å². The number of hydrogen-bond acceptors (Lipinski definition) is 5. The lowest BCUT2D eigenvalue weighted by molar-refractivity contribution is -0.141. The number of carbonyl (C=O) groups excluding carboxylic acids is 2. The number of ether oxygens (including phenoxy) is 1. The lowest BCUT2D eigenvalue weighted by Gasteiger charge is -2.38. The molecule has 1 saturated heterocycles. The van der Waals surface area contributed by atoms with Crippen molar-refractivity contribution in [1.29, 1.82) is 0 Å². The summed E-state index contributed by atoms with van der Waals surface area (Å²) in [5, 5.41) is 0.513. The van der Waals surface area contributed by atoms with Gasteiger partial charge in [-0.1, -0.05) is 38.3 Å². The van der Waals surface area contributed by atoms with Crippen molar-refractivity contribution < 1.29 is 14.3 Å². The maximum atomic E-state index is 13.6. The molecule has 1 aromatic carbocycles. The molecule has 2 heterocycles. The molecule has 1 aliphatic heterocycles. The molecule has 2 fully saturated rings. The van der Waals surface area contributed by atoms with E-state index in [0.29, 0.717) is 37.7 Å². The van der Waals surface area contributed by atoms with E-state index in [9.17, 15) is 9.59 Å². The lowest BCUT2D eigenvalue weighted by atomic mass is 9.71. The third kappa shape index (κ3) is 4.38. The zero-order chi connectivity index (χ0) is 20.2. The van der Waals surface area contributed by atoms with E-state index in [1.54, 1.807) is 0 Å². The Labute approximate surface area is 176 Å². The molecular weight excluding hydrogens is 384 g/mol. The predicted molar refractivity (Wildman–Crippen MR) is 115 cm³/mol. The number of nitrogens with zero attached hydrogens (tertiary/aromatic N) is 2. The largest absolute Gasteiger partial charge is 0.378 e. The van der Waals surface area contributed by atoms with Gasteiger partial charge >= 0.3 is 0 Å². The fourth-order valence-corrected chi connectivity index (χ4v) is 5.65. The van der Waals surface area contributed by atoms with Crippen LogP contribution < -0.4 is 0 Å². The number of carbonyl (C=O) groups is 2. The average Bonchev–Trinajstić information content (AvgIpc) is 3.22. The molecule has 29 heavy (non-hydrogen) atoms. The molecular formula is C23H29N2O3S. The number of rotatable bonds is 6. The Balaban J connectivity index is 1.64. The fourth-order valence-electron chi connectivity index (χ4n) is 4.71. The number of ketones is 1. The van der Waals surface area contributed by atoms with Gasteiger partial charge in [-0.3, -0.25) is 9.59 Å². The van der Waals surface area contributed by atoms with Crippen LogP contribution in [0.1, 0.15) is 55.3 Å². The second-order valence-corrected chi connectivity index (χ2v) is 9.04. The quantitative estimate of drug-likeness (QED) is 0.654. The standard InChI is InChI=1S/C23H29N2O3S/c1-2-17(21(26)22-24-18-10-6-7-11-19(18)29-22)20(16-8-4-3-5-9-16)23(27)25-12-14-28-15-13-25/h6-7,10-11,16,20H,2-5,8-9,12-15H2,1H3. The van der Waals surface area contributed by atoms with Gasteiger partial charge in [0.2, 0.25) is 5.91 Å². The molecule has 5 nitrogen and oxygen atoms in total. The molecule has 4 rings (SSSR count). The molecule has 1 saturated carbocycles. The molecule has 1 radical (unpaired) electrons. The first-order chi connectivity index (χ1) is 14.2. The molecule has 0 N–H and O–H groups in total. The van der Waals surface area contributed by atoms with Gasteiger partial charge in [-0.25, -0.2) is 4.98 Å². The number of benzene rings is 1. The number of morpholine rings is 1. The smallest absolute Gasteiger partial charge is 0.227 e. The van der Waals surface area contributed by atoms with Crippen molar-refractivity contribution in [2.45, 2.75) is 45.4 Å². The summed E-state index contributed by atoms with van der Waals surface area (Å²) in [6.07, 6.45) is 6.15. The van der Waals surface area contributed by atoms with Crippen LogP contribution in [0.5, 0.6) is 0 Å². The number of fused-ring (bicyclic) bond motifs is 1. The summed E-state index contributed by atoms with van der Waals surface area (Å²) in [7, 11) is 0. The van der Waals surface area contributed by atoms with E-state index < -0.39 is 0 Å². The fraction of sp³-hybridized carbons (Fsp3) is 0.565. The lowest BCUT2D eigenvalue weighted by Crippen LogP contribution is -2.48. The van der Waals surface area contributed by atoms with Gasteiger partial charge in [-0.2, -0.15) is 0 Å². The molecule has 2 aromatic rings. The Morgan fingerprint density at radius 2 is 1.90 bits per heavy atom. The third-order valence-corrected chi connectivity index (χ3v) is 7.28. The minimum absolute atomic E-state index is 0.0362. The van der Waals surface area contributed by atoms with Crippen molar-refractivity contribution in [2.75, 3.05) is 26.3 Å². The van der Waals surface area contributed by atoms with E-state index >= 15 is 0 Å². The van der Waals surface area contributed by atoms with Crippen LogP contribution in [0.15, 0.2) is 24.3 Å². The van der Waals surface area contributed by atoms with E-state index in [2.05, 4.69) is 4.98 Å². The molecule has 1 amide bonds. The van der Waals surface area contributed by atoms with E-state index in [4.69, 9.17) is 4.74 Å². The van der Waals surface area contributed by atoms with Gasteiger partial charge < -0.3 is 9.64 Å². The van der Waals surface area contributed by atoms with Gasteiger partial charge in [0.1, 0.15) is 0 Å². The normalized spacial score (nSPS) is 19.6. The van der Waals surface area contributed by atoms with Crippen molar-refractivity contribution >= 4 is 33.2 Å². The Bertz CT molecular complexity index is 820. The Morgan fingerprint density at radius 1 is 1.17 bits per heavy atom. The van der Waals surface area contributed by atoms with Crippen molar-refractivity contribution in [2.24, 2.45) is 11.8 Å². The number of para-hydroxylation sites is 1. The minimum atomic E-state index is -0.321. The summed E-state index contributed by atoms with van der Waals surface area (Å²) in [5.74, 6) is 0.759. The van der Waals surface area contributed by atoms with Crippen LogP contribution in [0.3, 0.4) is 0 Å². The minimum Gasteiger partial charge on any atom is -0.378 e. The highest BCUT2D eigenvalue weighted by atomic mass is 32.1. The first kappa shape index (κ1) is 20.5. The van der Waals surface area contributed by atoms with Crippen LogP contribution in [0.25, 0.3) is 10.2 Å². The van der Waals surface area contributed by atoms with Crippen molar-refractivity contribution in [3.63, 3.8) is 0 Å². The second kappa shape index (κ2) is 9.35. The molecule has 1 aliphatic carbocycles. The van der Waals surface area contributed by atoms with Crippen LogP contribution in [-0.4, -0.2) is 47.9 Å². The van der Waals surface area contributed by atoms with Crippen LogP contribution in [0.4, 0.5) is 0 Å². The zero-order valence-corrected chi connectivity index (χ0v) is 17.9. The highest BCUT2D eigenvalue weighted by molar-refractivity contribution is 7.20. The molecule has 1 unspecified atom stereocenters. The average molecular weight is 414 g/mol. The van der Waals surface area contributed by atoms with E-state index in [-0.39, 0.29) is 23.5 Å². The predicted octanol–water partition coefficient (Wildman–Crippen LogP) is 4.52. The molecule has 2 aliphatic rings. The highest BCUT2D eigenvalue weighted by Crippen LogP contribution is 2.40. The highest BCUT2D eigenvalue weighted by Gasteiger charge is 2.42. The summed E-state index contributed by atoms with van der Waals surface area (Å²) < 4.78 is 6.45. The first-order valence-electron chi connectivity index (χ1n) is 10.8. The van der Waals surface area contributed by atoms with Crippen LogP contribution in [-0.2, 0) is 9.53 Å². The maximum Gasteiger partial charge on any atom is 0.227 e. The molecule has 1 atom stereocenters. The zero-order valence-electron chi connectivity index (χ0n) is 17.1. The van der Waals surface area contributed by atoms with Gasteiger partial charge in [0.05, 0.1) is 35.3 Å². The molecule has 0 spiro atoms. The van der Waals surface area contributed by atoms with E-state index in [1.165, 1.54) is 17.8 Å². The Kier molecular flexibility index (Phi) is 6.60. The third-order valence-electron chi connectivity index (χ3n) is 6.25. The number of hydrogen-bond donors (Lipinski definition) is 0. The van der Waals surface area contributed by atoms with Crippen molar-refractivity contribution in [3.05, 3.63) is 35.2 Å². The summed E-state index contributed by atoms with van der Waals surface area (Å²) in [4.78, 5) is 33.6. The van der Waals surface area contributed by atoms with Gasteiger partial charge in [0.15, 0.2) is 10.8 Å². The Hall–Kier alpha value is -1.79. The first-order valence-corrected chi connectivity index (χ1v) is 11.6. The Morgan fingerprint density at radius 3 is 2.59 bits per heavy atom. The van der Waals surface area contributed by atoms with Crippen molar-refractivity contribution in [3.8, 4) is 0 Å². The van der Waals surface area contributed by atoms with Gasteiger partial charge in [-0.05, 0) is 37.3 Å². The van der Waals surface area contributed by atoms with Gasteiger partial charge in [0.25, 0.3) is 0 Å². The summed E-state index contributed by atoms with van der Waals surface area (Å²) in [5.41, 5.74) is 0.852. The summed E-state index contributed by atoms with van der Waals surface area (Å²) in [6, 6.07) is 7.83. The summed E-state index contributed by atoms with van der Waals surface area (Å²) >= 11 is 1.43. The summed E-state index contributed by atoms with van der Waals surface area (Å²) in [6.45, 7) is 4.40. The van der Waals surface area contributed by atoms with Gasteiger partial charge in [0, 0.05) is 13.1 Å². The van der Waals surface area contributed by atoms with E-state index in [1.807, 2.05) is 36.1 Å². The van der Waals surface area contributed by atoms with Crippen LogP contribution in [0, 0.1) is 17.8 Å². The maximum absolute atomic E-state index is 13.6. The topological polar surface area (TPSA) is 59.5 Å². The number of thiazole rings is 1.